The second kappa shape index (κ2) is 7.27. The Morgan fingerprint density at radius 2 is 2.32 bits per heavy atom. The first-order valence-corrected chi connectivity index (χ1v) is 7.36. The average molecular weight is 328 g/mol. The van der Waals surface area contributed by atoms with E-state index in [-0.39, 0.29) is 37.1 Å². The minimum atomic E-state index is -1.09. The molecule has 1 fully saturated rings. The van der Waals surface area contributed by atoms with E-state index in [9.17, 15) is 14.4 Å². The number of morpholine rings is 1. The number of aromatic nitrogens is 2. The van der Waals surface area contributed by atoms with Gasteiger partial charge in [0.05, 0.1) is 30.6 Å². The lowest BCUT2D eigenvalue weighted by atomic mass is 10.2. The van der Waals surface area contributed by atoms with Crippen molar-refractivity contribution >= 4 is 29.5 Å². The minimum absolute atomic E-state index is 0.126. The summed E-state index contributed by atoms with van der Waals surface area (Å²) in [6.45, 7) is 2.06. The van der Waals surface area contributed by atoms with Crippen LogP contribution in [0.3, 0.4) is 0 Å². The van der Waals surface area contributed by atoms with Crippen LogP contribution in [0, 0.1) is 0 Å². The number of amides is 2. The predicted molar refractivity (Wildman–Crippen MR) is 75.4 cm³/mol. The Morgan fingerprint density at radius 1 is 1.55 bits per heavy atom. The maximum atomic E-state index is 12.2. The van der Waals surface area contributed by atoms with Crippen molar-refractivity contribution in [3.8, 4) is 0 Å². The van der Waals surface area contributed by atoms with E-state index in [4.69, 9.17) is 9.84 Å². The van der Waals surface area contributed by atoms with Gasteiger partial charge in [-0.3, -0.25) is 14.4 Å². The first-order chi connectivity index (χ1) is 10.5. The molecule has 1 aromatic rings. The summed E-state index contributed by atoms with van der Waals surface area (Å²) < 4.78 is 13.2. The molecule has 1 aliphatic heterocycles. The van der Waals surface area contributed by atoms with Gasteiger partial charge in [-0.25, -0.2) is 0 Å². The van der Waals surface area contributed by atoms with E-state index >= 15 is 0 Å². The molecule has 1 aromatic heterocycles. The third kappa shape index (κ3) is 4.21. The molecule has 2 rings (SSSR count). The largest absolute Gasteiger partial charge is 0.480 e. The Kier molecular flexibility index (Phi) is 5.39. The Labute approximate surface area is 130 Å². The molecule has 1 aliphatic rings. The van der Waals surface area contributed by atoms with Gasteiger partial charge in [-0.15, -0.1) is 0 Å². The molecule has 0 spiro atoms. The molecule has 1 unspecified atom stereocenters. The highest BCUT2D eigenvalue weighted by molar-refractivity contribution is 6.99. The van der Waals surface area contributed by atoms with Crippen LogP contribution in [0.5, 0.6) is 0 Å². The van der Waals surface area contributed by atoms with Crippen LogP contribution in [0.2, 0.25) is 0 Å². The number of hydrogen-bond acceptors (Lipinski definition) is 7. The van der Waals surface area contributed by atoms with E-state index in [1.165, 1.54) is 18.0 Å². The summed E-state index contributed by atoms with van der Waals surface area (Å²) in [4.78, 5) is 37.2. The first kappa shape index (κ1) is 16.3. The van der Waals surface area contributed by atoms with E-state index < -0.39 is 12.1 Å². The SMILES string of the molecule is CC(=O)N(CC(=O)O)CC1CN(C(=O)c2cnsn2)CCO1. The summed E-state index contributed by atoms with van der Waals surface area (Å²) in [6.07, 6.45) is 0.983. The highest BCUT2D eigenvalue weighted by Gasteiger charge is 2.28. The zero-order chi connectivity index (χ0) is 16.1. The normalized spacial score (nSPS) is 18.0. The van der Waals surface area contributed by atoms with Crippen LogP contribution >= 0.6 is 11.7 Å². The fraction of sp³-hybridized carbons (Fsp3) is 0.583. The van der Waals surface area contributed by atoms with Crippen molar-refractivity contribution in [3.63, 3.8) is 0 Å². The number of hydrogen-bond donors (Lipinski definition) is 1. The molecule has 0 aromatic carbocycles. The molecular weight excluding hydrogens is 312 g/mol. The van der Waals surface area contributed by atoms with Gasteiger partial charge >= 0.3 is 5.97 Å². The van der Waals surface area contributed by atoms with E-state index in [0.29, 0.717) is 13.2 Å². The Hall–Kier alpha value is -2.07. The van der Waals surface area contributed by atoms with Gasteiger partial charge in [0.25, 0.3) is 5.91 Å². The molecule has 9 nitrogen and oxygen atoms in total. The summed E-state index contributed by atoms with van der Waals surface area (Å²) in [5.41, 5.74) is 0.277. The van der Waals surface area contributed by atoms with E-state index in [1.54, 1.807) is 4.90 Å². The zero-order valence-corrected chi connectivity index (χ0v) is 12.8. The van der Waals surface area contributed by atoms with Crippen molar-refractivity contribution in [1.29, 1.82) is 0 Å². The number of ether oxygens (including phenoxy) is 1. The summed E-state index contributed by atoms with van der Waals surface area (Å²) >= 11 is 0.957. The predicted octanol–water partition coefficient (Wildman–Crippen LogP) is -0.688. The molecule has 10 heteroatoms. The van der Waals surface area contributed by atoms with E-state index in [2.05, 4.69) is 8.75 Å². The lowest BCUT2D eigenvalue weighted by Gasteiger charge is -2.34. The molecule has 2 heterocycles. The monoisotopic (exact) mass is 328 g/mol. The van der Waals surface area contributed by atoms with Crippen molar-refractivity contribution in [3.05, 3.63) is 11.9 Å². The third-order valence-electron chi connectivity index (χ3n) is 3.20. The number of carboxylic acid groups (broad SMARTS) is 1. The molecule has 2 amide bonds. The molecule has 0 radical (unpaired) electrons. The van der Waals surface area contributed by atoms with Crippen molar-refractivity contribution in [2.75, 3.05) is 32.8 Å². The topological polar surface area (TPSA) is 113 Å². The minimum Gasteiger partial charge on any atom is -0.480 e. The quantitative estimate of drug-likeness (QED) is 0.761. The van der Waals surface area contributed by atoms with Crippen LogP contribution in [-0.4, -0.2) is 80.3 Å². The fourth-order valence-electron chi connectivity index (χ4n) is 2.15. The van der Waals surface area contributed by atoms with Crippen LogP contribution in [0.4, 0.5) is 0 Å². The van der Waals surface area contributed by atoms with Gasteiger partial charge in [0.15, 0.2) is 5.69 Å². The van der Waals surface area contributed by atoms with Crippen molar-refractivity contribution in [2.45, 2.75) is 13.0 Å². The van der Waals surface area contributed by atoms with Crippen LogP contribution in [-0.2, 0) is 14.3 Å². The summed E-state index contributed by atoms with van der Waals surface area (Å²) in [5, 5.41) is 8.81. The smallest absolute Gasteiger partial charge is 0.323 e. The number of rotatable bonds is 5. The standard InChI is InChI=1S/C12H16N4O5S/c1-8(17)16(7-11(18)19)6-9-5-15(2-3-21-9)12(20)10-4-13-22-14-10/h4,9H,2-3,5-7H2,1H3,(H,18,19). The van der Waals surface area contributed by atoms with Gasteiger partial charge in [-0.05, 0) is 0 Å². The molecule has 22 heavy (non-hydrogen) atoms. The molecule has 1 atom stereocenters. The Morgan fingerprint density at radius 3 is 2.91 bits per heavy atom. The lowest BCUT2D eigenvalue weighted by Crippen LogP contribution is -2.51. The average Bonchev–Trinajstić information content (AvgIpc) is 2.99. The Balaban J connectivity index is 1.96. The summed E-state index contributed by atoms with van der Waals surface area (Å²) in [5.74, 6) is -1.68. The Bertz CT molecular complexity index is 550. The van der Waals surface area contributed by atoms with Crippen molar-refractivity contribution < 1.29 is 24.2 Å². The number of carboxylic acids is 1. The molecule has 0 aliphatic carbocycles. The zero-order valence-electron chi connectivity index (χ0n) is 12.0. The molecule has 0 saturated carbocycles. The maximum absolute atomic E-state index is 12.2. The van der Waals surface area contributed by atoms with Gasteiger partial charge in [0, 0.05) is 26.6 Å². The molecule has 1 N–H and O–H groups in total. The van der Waals surface area contributed by atoms with Crippen LogP contribution < -0.4 is 0 Å². The first-order valence-electron chi connectivity index (χ1n) is 6.63. The van der Waals surface area contributed by atoms with Gasteiger partial charge in [-0.1, -0.05) is 0 Å². The molecule has 0 bridgehead atoms. The van der Waals surface area contributed by atoms with Gasteiger partial charge in [0.1, 0.15) is 6.54 Å². The second-order valence-corrected chi connectivity index (χ2v) is 5.39. The second-order valence-electron chi connectivity index (χ2n) is 4.83. The van der Waals surface area contributed by atoms with Crippen LogP contribution in [0.1, 0.15) is 17.4 Å². The van der Waals surface area contributed by atoms with Gasteiger partial charge < -0.3 is 19.6 Å². The highest BCUT2D eigenvalue weighted by Crippen LogP contribution is 2.11. The summed E-state index contributed by atoms with van der Waals surface area (Å²) in [6, 6.07) is 0. The molecule has 1 saturated heterocycles. The third-order valence-corrected chi connectivity index (χ3v) is 3.68. The number of aliphatic carboxylic acids is 1. The van der Waals surface area contributed by atoms with Crippen LogP contribution in [0.15, 0.2) is 6.20 Å². The van der Waals surface area contributed by atoms with Gasteiger partial charge in [0.2, 0.25) is 5.91 Å². The molecular formula is C12H16N4O5S. The number of carbonyl (C=O) groups excluding carboxylic acids is 2. The van der Waals surface area contributed by atoms with E-state index in [0.717, 1.165) is 11.7 Å². The number of carbonyl (C=O) groups is 3. The molecule has 120 valence electrons. The van der Waals surface area contributed by atoms with Crippen molar-refractivity contribution in [2.24, 2.45) is 0 Å². The lowest BCUT2D eigenvalue weighted by molar-refractivity contribution is -0.145. The fourth-order valence-corrected chi connectivity index (χ4v) is 2.56. The van der Waals surface area contributed by atoms with Crippen molar-refractivity contribution in [1.82, 2.24) is 18.5 Å². The maximum Gasteiger partial charge on any atom is 0.323 e. The summed E-state index contributed by atoms with van der Waals surface area (Å²) in [7, 11) is 0. The van der Waals surface area contributed by atoms with E-state index in [1.807, 2.05) is 0 Å². The van der Waals surface area contributed by atoms with Gasteiger partial charge in [-0.2, -0.15) is 8.75 Å². The number of nitrogens with zero attached hydrogens (tertiary/aromatic N) is 4. The van der Waals surface area contributed by atoms with Crippen LogP contribution in [0.25, 0.3) is 0 Å². The highest BCUT2D eigenvalue weighted by atomic mass is 32.1.